The molecule has 10 heteroatoms. The number of aromatic amines is 1. The Bertz CT molecular complexity index is 755. The summed E-state index contributed by atoms with van der Waals surface area (Å²) in [6.07, 6.45) is 3.45. The largest absolute Gasteiger partial charge is 0.366 e. The van der Waals surface area contributed by atoms with E-state index in [1.54, 1.807) is 0 Å². The van der Waals surface area contributed by atoms with Crippen LogP contribution in [0, 0.1) is 0 Å². The molecule has 7 nitrogen and oxygen atoms in total. The standard InChI is InChI=1S/C9H6Cl2N4O3S/c10-8-7(9(11)14-4-13-8)15-19(17,18)6-3-12-2-1-5(6)16/h1-4,15H,(H,12,16). The zero-order chi connectivity index (χ0) is 14.0. The van der Waals surface area contributed by atoms with Crippen LogP contribution in [0.1, 0.15) is 0 Å². The minimum absolute atomic E-state index is 0.170. The first kappa shape index (κ1) is 13.8. The van der Waals surface area contributed by atoms with Gasteiger partial charge in [0.05, 0.1) is 0 Å². The third-order valence-corrected chi connectivity index (χ3v) is 4.01. The maximum Gasteiger partial charge on any atom is 0.267 e. The van der Waals surface area contributed by atoms with Crippen molar-refractivity contribution in [1.82, 2.24) is 15.0 Å². The van der Waals surface area contributed by atoms with E-state index in [2.05, 4.69) is 19.7 Å². The minimum atomic E-state index is -4.13. The van der Waals surface area contributed by atoms with Crippen LogP contribution in [0.5, 0.6) is 0 Å². The topological polar surface area (TPSA) is 105 Å². The number of anilines is 1. The Hall–Kier alpha value is -1.64. The SMILES string of the molecule is O=c1cc[nH]cc1S(=O)(=O)Nc1c(Cl)ncnc1Cl. The van der Waals surface area contributed by atoms with Gasteiger partial charge in [-0.15, -0.1) is 0 Å². The number of aromatic nitrogens is 3. The van der Waals surface area contributed by atoms with E-state index in [1.807, 2.05) is 0 Å². The zero-order valence-electron chi connectivity index (χ0n) is 9.09. The summed E-state index contributed by atoms with van der Waals surface area (Å²) in [5.74, 6) is 0. The first-order valence-corrected chi connectivity index (χ1v) is 7.01. The van der Waals surface area contributed by atoms with Crippen LogP contribution in [0.15, 0.2) is 34.5 Å². The summed E-state index contributed by atoms with van der Waals surface area (Å²) in [5, 5.41) is -0.341. The molecule has 0 aliphatic carbocycles. The van der Waals surface area contributed by atoms with Gasteiger partial charge in [0.2, 0.25) is 5.43 Å². The van der Waals surface area contributed by atoms with Crippen molar-refractivity contribution >= 4 is 38.9 Å². The molecule has 0 atom stereocenters. The van der Waals surface area contributed by atoms with Crippen molar-refractivity contribution in [2.75, 3.05) is 4.72 Å². The van der Waals surface area contributed by atoms with E-state index in [4.69, 9.17) is 23.2 Å². The van der Waals surface area contributed by atoms with Gasteiger partial charge in [0, 0.05) is 18.5 Å². The molecule has 2 rings (SSSR count). The van der Waals surface area contributed by atoms with Gasteiger partial charge < -0.3 is 4.98 Å². The van der Waals surface area contributed by atoms with Gasteiger partial charge in [-0.25, -0.2) is 18.4 Å². The maximum atomic E-state index is 12.0. The normalized spacial score (nSPS) is 11.3. The van der Waals surface area contributed by atoms with Gasteiger partial charge in [-0.05, 0) is 0 Å². The van der Waals surface area contributed by atoms with Crippen molar-refractivity contribution in [3.63, 3.8) is 0 Å². The Morgan fingerprint density at radius 2 is 1.84 bits per heavy atom. The Labute approximate surface area is 117 Å². The van der Waals surface area contributed by atoms with Gasteiger partial charge in [-0.3, -0.25) is 9.52 Å². The lowest BCUT2D eigenvalue weighted by molar-refractivity contribution is 0.600. The zero-order valence-corrected chi connectivity index (χ0v) is 11.4. The van der Waals surface area contributed by atoms with E-state index in [9.17, 15) is 13.2 Å². The van der Waals surface area contributed by atoms with Gasteiger partial charge in [0.1, 0.15) is 12.0 Å². The Morgan fingerprint density at radius 1 is 1.21 bits per heavy atom. The molecule has 0 saturated heterocycles. The lowest BCUT2D eigenvalue weighted by Gasteiger charge is -2.08. The van der Waals surface area contributed by atoms with Crippen molar-refractivity contribution in [3.8, 4) is 0 Å². The van der Waals surface area contributed by atoms with Crippen molar-refractivity contribution in [3.05, 3.63) is 45.3 Å². The molecule has 2 aromatic heterocycles. The van der Waals surface area contributed by atoms with Gasteiger partial charge in [-0.1, -0.05) is 23.2 Å². The second-order valence-electron chi connectivity index (χ2n) is 3.31. The van der Waals surface area contributed by atoms with Crippen LogP contribution in [0.2, 0.25) is 10.3 Å². The Balaban J connectivity index is 2.49. The number of nitrogens with one attached hydrogen (secondary N) is 2. The van der Waals surface area contributed by atoms with E-state index in [1.165, 1.54) is 6.20 Å². The number of H-pyrrole nitrogens is 1. The number of sulfonamides is 1. The molecular formula is C9H6Cl2N4O3S. The average molecular weight is 321 g/mol. The molecule has 0 bridgehead atoms. The molecule has 0 aliphatic heterocycles. The van der Waals surface area contributed by atoms with Gasteiger partial charge in [0.25, 0.3) is 10.0 Å². The highest BCUT2D eigenvalue weighted by Crippen LogP contribution is 2.27. The minimum Gasteiger partial charge on any atom is -0.366 e. The molecule has 0 spiro atoms. The summed E-state index contributed by atoms with van der Waals surface area (Å²) in [5.41, 5.74) is -0.857. The van der Waals surface area contributed by atoms with Crippen LogP contribution in [-0.4, -0.2) is 23.4 Å². The summed E-state index contributed by atoms with van der Waals surface area (Å²) in [6, 6.07) is 1.08. The summed E-state index contributed by atoms with van der Waals surface area (Å²) in [6.45, 7) is 0. The lowest BCUT2D eigenvalue weighted by Crippen LogP contribution is -2.21. The van der Waals surface area contributed by atoms with Crippen molar-refractivity contribution in [1.29, 1.82) is 0 Å². The second-order valence-corrected chi connectivity index (χ2v) is 5.68. The number of hydrogen-bond acceptors (Lipinski definition) is 5. The van der Waals surface area contributed by atoms with E-state index in [0.29, 0.717) is 0 Å². The fourth-order valence-corrected chi connectivity index (χ4v) is 2.88. The fraction of sp³-hybridized carbons (Fsp3) is 0. The fourth-order valence-electron chi connectivity index (χ4n) is 1.23. The van der Waals surface area contributed by atoms with E-state index in [-0.39, 0.29) is 16.0 Å². The molecule has 100 valence electrons. The van der Waals surface area contributed by atoms with Gasteiger partial charge >= 0.3 is 0 Å². The highest BCUT2D eigenvalue weighted by molar-refractivity contribution is 7.92. The molecule has 0 saturated carbocycles. The van der Waals surface area contributed by atoms with Crippen LogP contribution in [-0.2, 0) is 10.0 Å². The maximum absolute atomic E-state index is 12.0. The Kier molecular flexibility index (Phi) is 3.74. The molecule has 0 radical (unpaired) electrons. The molecule has 0 fully saturated rings. The second kappa shape index (κ2) is 5.16. The van der Waals surface area contributed by atoms with Gasteiger partial charge in [-0.2, -0.15) is 0 Å². The Morgan fingerprint density at radius 3 is 2.42 bits per heavy atom. The van der Waals surface area contributed by atoms with Crippen LogP contribution < -0.4 is 10.2 Å². The van der Waals surface area contributed by atoms with Crippen LogP contribution in [0.4, 0.5) is 5.69 Å². The summed E-state index contributed by atoms with van der Waals surface area (Å²) in [7, 11) is -4.13. The molecule has 2 aromatic rings. The van der Waals surface area contributed by atoms with Crippen molar-refractivity contribution < 1.29 is 8.42 Å². The van der Waals surface area contributed by atoms with Crippen molar-refractivity contribution in [2.24, 2.45) is 0 Å². The smallest absolute Gasteiger partial charge is 0.267 e. The predicted octanol–water partition coefficient (Wildman–Crippen LogP) is 1.27. The summed E-state index contributed by atoms with van der Waals surface area (Å²) in [4.78, 5) is 20.7. The first-order valence-electron chi connectivity index (χ1n) is 4.78. The van der Waals surface area contributed by atoms with E-state index in [0.717, 1.165) is 18.6 Å². The van der Waals surface area contributed by atoms with E-state index >= 15 is 0 Å². The number of pyridine rings is 1. The molecule has 19 heavy (non-hydrogen) atoms. The molecular weight excluding hydrogens is 315 g/mol. The summed E-state index contributed by atoms with van der Waals surface area (Å²) < 4.78 is 26.1. The number of nitrogens with zero attached hydrogens (tertiary/aromatic N) is 2. The molecule has 0 aromatic carbocycles. The molecule has 0 aliphatic rings. The van der Waals surface area contributed by atoms with Crippen LogP contribution in [0.25, 0.3) is 0 Å². The molecule has 2 N–H and O–H groups in total. The van der Waals surface area contributed by atoms with Crippen molar-refractivity contribution in [2.45, 2.75) is 4.90 Å². The molecule has 0 unspecified atom stereocenters. The average Bonchev–Trinajstić information content (AvgIpc) is 2.34. The van der Waals surface area contributed by atoms with Crippen LogP contribution >= 0.6 is 23.2 Å². The van der Waals surface area contributed by atoms with Gasteiger partial charge in [0.15, 0.2) is 15.2 Å². The third kappa shape index (κ3) is 2.86. The number of rotatable bonds is 3. The van der Waals surface area contributed by atoms with E-state index < -0.39 is 20.3 Å². The van der Waals surface area contributed by atoms with Crippen LogP contribution in [0.3, 0.4) is 0 Å². The number of hydrogen-bond donors (Lipinski definition) is 2. The first-order chi connectivity index (χ1) is 8.92. The molecule has 0 amide bonds. The monoisotopic (exact) mass is 320 g/mol. The highest BCUT2D eigenvalue weighted by Gasteiger charge is 2.21. The lowest BCUT2D eigenvalue weighted by atomic mass is 10.5. The molecule has 2 heterocycles. The predicted molar refractivity (Wildman–Crippen MR) is 69.9 cm³/mol. The quantitative estimate of drug-likeness (QED) is 0.828. The third-order valence-electron chi connectivity index (χ3n) is 2.07. The number of halogens is 2. The summed E-state index contributed by atoms with van der Waals surface area (Å²) >= 11 is 11.4. The highest BCUT2D eigenvalue weighted by atomic mass is 35.5.